The van der Waals surface area contributed by atoms with Crippen LogP contribution in [-0.2, 0) is 9.53 Å². The maximum absolute atomic E-state index is 11.6. The molecule has 0 fully saturated rings. The molecule has 2 rings (SSSR count). The van der Waals surface area contributed by atoms with E-state index in [9.17, 15) is 14.9 Å². The number of esters is 1. The minimum absolute atomic E-state index is 0.149. The first kappa shape index (κ1) is 20.9. The van der Waals surface area contributed by atoms with Gasteiger partial charge < -0.3 is 14.2 Å². The van der Waals surface area contributed by atoms with Crippen molar-refractivity contribution in [3.63, 3.8) is 0 Å². The van der Waals surface area contributed by atoms with Gasteiger partial charge in [-0.2, -0.15) is 15.2 Å². The molecule has 0 saturated heterocycles. The molecule has 10 nitrogen and oxygen atoms in total. The van der Waals surface area contributed by atoms with Crippen molar-refractivity contribution in [3.05, 3.63) is 39.4 Å². The number of nitriles is 1. The van der Waals surface area contributed by atoms with E-state index in [0.717, 1.165) is 11.8 Å². The van der Waals surface area contributed by atoms with Gasteiger partial charge in [0.2, 0.25) is 0 Å². The fraction of sp³-hybridized carbons (Fsp3) is 0.294. The number of aromatic nitrogens is 2. The van der Waals surface area contributed by atoms with Crippen molar-refractivity contribution in [2.45, 2.75) is 19.0 Å². The molecule has 2 aromatic rings. The van der Waals surface area contributed by atoms with Crippen LogP contribution in [0.1, 0.15) is 18.1 Å². The fourth-order valence-corrected chi connectivity index (χ4v) is 2.43. The number of nitro groups is 1. The lowest BCUT2D eigenvalue weighted by atomic mass is 10.1. The number of benzene rings is 1. The molecule has 0 saturated carbocycles. The summed E-state index contributed by atoms with van der Waals surface area (Å²) in [6, 6.07) is 6.61. The van der Waals surface area contributed by atoms with Crippen molar-refractivity contribution in [3.8, 4) is 23.6 Å². The first-order valence-corrected chi connectivity index (χ1v) is 9.19. The Kier molecular flexibility index (Phi) is 7.11. The van der Waals surface area contributed by atoms with E-state index in [0.29, 0.717) is 11.1 Å². The number of hydrogen-bond donors (Lipinski definition) is 0. The second-order valence-corrected chi connectivity index (χ2v) is 5.98. The predicted octanol–water partition coefficient (Wildman–Crippen LogP) is 3.02. The average molecular weight is 404 g/mol. The van der Waals surface area contributed by atoms with Gasteiger partial charge in [-0.1, -0.05) is 11.8 Å². The molecular formula is C17H16N4O6S. The van der Waals surface area contributed by atoms with Gasteiger partial charge in [0.15, 0.2) is 11.8 Å². The van der Waals surface area contributed by atoms with Crippen LogP contribution in [0.15, 0.2) is 23.4 Å². The van der Waals surface area contributed by atoms with E-state index >= 15 is 0 Å². The molecule has 0 bridgehead atoms. The van der Waals surface area contributed by atoms with Gasteiger partial charge >= 0.3 is 23.4 Å². The van der Waals surface area contributed by atoms with Gasteiger partial charge in [-0.3, -0.25) is 10.1 Å². The number of ether oxygens (including phenoxy) is 3. The zero-order valence-electron chi connectivity index (χ0n) is 15.3. The van der Waals surface area contributed by atoms with Crippen LogP contribution >= 0.6 is 11.8 Å². The van der Waals surface area contributed by atoms with Gasteiger partial charge in [0, 0.05) is 0 Å². The topological polar surface area (TPSA) is 137 Å². The second kappa shape index (κ2) is 9.52. The summed E-state index contributed by atoms with van der Waals surface area (Å²) < 4.78 is 15.5. The summed E-state index contributed by atoms with van der Waals surface area (Å²) in [6.45, 7) is 2.94. The van der Waals surface area contributed by atoms with Crippen molar-refractivity contribution in [1.29, 1.82) is 5.26 Å². The smallest absolute Gasteiger partial charge is 0.392 e. The van der Waals surface area contributed by atoms with Crippen LogP contribution in [0, 0.1) is 28.4 Å². The molecule has 0 aliphatic heterocycles. The molecule has 0 aliphatic rings. The monoisotopic (exact) mass is 404 g/mol. The highest BCUT2D eigenvalue weighted by molar-refractivity contribution is 7.98. The van der Waals surface area contributed by atoms with Gasteiger partial charge in [0.1, 0.15) is 5.75 Å². The number of thioether (sulfide) groups is 1. The van der Waals surface area contributed by atoms with Crippen LogP contribution in [0.2, 0.25) is 0 Å². The summed E-state index contributed by atoms with van der Waals surface area (Å²) >= 11 is 1.12. The Morgan fingerprint density at radius 3 is 2.64 bits per heavy atom. The Morgan fingerprint density at radius 1 is 1.36 bits per heavy atom. The molecule has 0 amide bonds. The summed E-state index contributed by atoms with van der Waals surface area (Å²) in [4.78, 5) is 30.3. The lowest BCUT2D eigenvalue weighted by Gasteiger charge is -2.11. The van der Waals surface area contributed by atoms with Crippen LogP contribution in [0.3, 0.4) is 0 Å². The van der Waals surface area contributed by atoms with Crippen LogP contribution in [0.5, 0.6) is 17.5 Å². The first-order chi connectivity index (χ1) is 13.4. The number of aryl methyl sites for hydroxylation is 1. The normalized spacial score (nSPS) is 10.1. The molecule has 0 radical (unpaired) electrons. The highest BCUT2D eigenvalue weighted by Gasteiger charge is 2.29. The Balaban J connectivity index is 2.43. The first-order valence-electron chi connectivity index (χ1n) is 7.97. The molecule has 0 unspecified atom stereocenters. The molecule has 11 heteroatoms. The van der Waals surface area contributed by atoms with E-state index in [4.69, 9.17) is 19.5 Å². The SMILES string of the molecule is CCOC(=O)COc1nc(SC)nc(Oc2ccc(C#N)c(C)c2)c1[N+](=O)[O-]. The summed E-state index contributed by atoms with van der Waals surface area (Å²) in [7, 11) is 0. The molecule has 0 atom stereocenters. The van der Waals surface area contributed by atoms with Gasteiger partial charge in [-0.15, -0.1) is 0 Å². The number of nitrogens with zero attached hydrogens (tertiary/aromatic N) is 4. The third-order valence-electron chi connectivity index (χ3n) is 3.33. The summed E-state index contributed by atoms with van der Waals surface area (Å²) in [5.74, 6) is -1.18. The number of rotatable bonds is 8. The summed E-state index contributed by atoms with van der Waals surface area (Å²) in [5, 5.41) is 20.7. The second-order valence-electron chi connectivity index (χ2n) is 5.21. The molecule has 1 heterocycles. The van der Waals surface area contributed by atoms with E-state index in [1.165, 1.54) is 12.1 Å². The lowest BCUT2D eigenvalue weighted by molar-refractivity contribution is -0.387. The summed E-state index contributed by atoms with van der Waals surface area (Å²) in [5.41, 5.74) is 0.470. The largest absolute Gasteiger partial charge is 0.463 e. The summed E-state index contributed by atoms with van der Waals surface area (Å²) in [6.07, 6.45) is 1.67. The molecule has 1 aromatic carbocycles. The highest BCUT2D eigenvalue weighted by Crippen LogP contribution is 2.38. The van der Waals surface area contributed by atoms with Crippen LogP contribution in [0.4, 0.5) is 5.69 Å². The van der Waals surface area contributed by atoms with Gasteiger partial charge in [-0.05, 0) is 43.9 Å². The van der Waals surface area contributed by atoms with Crippen molar-refractivity contribution in [2.75, 3.05) is 19.5 Å². The van der Waals surface area contributed by atoms with E-state index < -0.39 is 29.1 Å². The molecule has 0 spiro atoms. The third kappa shape index (κ3) is 5.08. The zero-order valence-corrected chi connectivity index (χ0v) is 16.1. The molecule has 0 N–H and O–H groups in total. The van der Waals surface area contributed by atoms with Gasteiger partial charge in [0.05, 0.1) is 23.2 Å². The molecular weight excluding hydrogens is 388 g/mol. The fourth-order valence-electron chi connectivity index (χ4n) is 2.08. The van der Waals surface area contributed by atoms with Crippen LogP contribution < -0.4 is 9.47 Å². The Bertz CT molecular complexity index is 944. The number of carbonyl (C=O) groups excluding carboxylic acids is 1. The highest BCUT2D eigenvalue weighted by atomic mass is 32.2. The standard InChI is InChI=1S/C17H16N4O6S/c1-4-25-13(22)9-26-15-14(21(23)24)16(20-17(19-15)28-3)27-12-6-5-11(8-18)10(2)7-12/h5-7H,4,9H2,1-3H3. The Hall–Kier alpha value is -3.39. The van der Waals surface area contributed by atoms with Gasteiger partial charge in [-0.25, -0.2) is 4.79 Å². The van der Waals surface area contributed by atoms with E-state index in [1.54, 1.807) is 26.2 Å². The Morgan fingerprint density at radius 2 is 2.07 bits per heavy atom. The van der Waals surface area contributed by atoms with Gasteiger partial charge in [0.25, 0.3) is 0 Å². The van der Waals surface area contributed by atoms with Crippen molar-refractivity contribution < 1.29 is 23.9 Å². The van der Waals surface area contributed by atoms with Crippen molar-refractivity contribution in [2.24, 2.45) is 0 Å². The van der Waals surface area contributed by atoms with Crippen LogP contribution in [-0.4, -0.2) is 40.3 Å². The molecule has 1 aromatic heterocycles. The van der Waals surface area contributed by atoms with E-state index in [-0.39, 0.29) is 23.4 Å². The number of carbonyl (C=O) groups is 1. The maximum Gasteiger partial charge on any atom is 0.392 e. The van der Waals surface area contributed by atoms with Crippen LogP contribution in [0.25, 0.3) is 0 Å². The third-order valence-corrected chi connectivity index (χ3v) is 3.88. The molecule has 0 aliphatic carbocycles. The quantitative estimate of drug-likeness (QED) is 0.212. The predicted molar refractivity (Wildman–Crippen MR) is 98.6 cm³/mol. The van der Waals surface area contributed by atoms with Crippen molar-refractivity contribution in [1.82, 2.24) is 9.97 Å². The number of hydrogen-bond acceptors (Lipinski definition) is 10. The average Bonchev–Trinajstić information content (AvgIpc) is 2.66. The maximum atomic E-state index is 11.6. The van der Waals surface area contributed by atoms with E-state index in [1.807, 2.05) is 6.07 Å². The molecule has 28 heavy (non-hydrogen) atoms. The van der Waals surface area contributed by atoms with Crippen molar-refractivity contribution >= 4 is 23.4 Å². The minimum atomic E-state index is -0.754. The molecule has 146 valence electrons. The Labute approximate surface area is 164 Å². The minimum Gasteiger partial charge on any atom is -0.463 e. The van der Waals surface area contributed by atoms with E-state index in [2.05, 4.69) is 9.97 Å². The zero-order chi connectivity index (χ0) is 20.7. The lowest BCUT2D eigenvalue weighted by Crippen LogP contribution is -2.16.